The van der Waals surface area contributed by atoms with Gasteiger partial charge in [-0.15, -0.1) is 0 Å². The number of hydrogen-bond acceptors (Lipinski definition) is 5. The number of halogens is 2. The first-order valence-electron chi connectivity index (χ1n) is 15.4. The van der Waals surface area contributed by atoms with Gasteiger partial charge in [0.05, 0.1) is 11.0 Å². The third-order valence-corrected chi connectivity index (χ3v) is 10.2. The number of nitrogens with one attached hydrogen (secondary N) is 1. The molecule has 10 heteroatoms. The molecule has 1 amide bonds. The number of benzene rings is 4. The molecule has 1 saturated heterocycles. The molecule has 4 aromatic rings. The number of rotatable bonds is 9. The van der Waals surface area contributed by atoms with E-state index in [1.807, 2.05) is 12.1 Å². The number of carbonyl (C=O) groups excluding carboxylic acids is 1. The normalized spacial score (nSPS) is 17.4. The van der Waals surface area contributed by atoms with E-state index in [0.717, 1.165) is 36.6 Å². The van der Waals surface area contributed by atoms with Crippen LogP contribution in [0.4, 0.5) is 8.78 Å². The molecule has 0 aromatic heterocycles. The van der Waals surface area contributed by atoms with Crippen molar-refractivity contribution in [1.29, 1.82) is 0 Å². The molecule has 236 valence electrons. The molecule has 1 aliphatic carbocycles. The summed E-state index contributed by atoms with van der Waals surface area (Å²) < 4.78 is 68.6. The van der Waals surface area contributed by atoms with Crippen LogP contribution in [0, 0.1) is 0 Å². The van der Waals surface area contributed by atoms with Gasteiger partial charge in [-0.3, -0.25) is 4.79 Å². The fourth-order valence-corrected chi connectivity index (χ4v) is 7.37. The zero-order valence-electron chi connectivity index (χ0n) is 24.9. The van der Waals surface area contributed by atoms with Crippen LogP contribution in [-0.2, 0) is 20.7 Å². The van der Waals surface area contributed by atoms with Crippen LogP contribution in [0.15, 0.2) is 95.9 Å². The van der Waals surface area contributed by atoms with E-state index in [4.69, 9.17) is 10.5 Å². The Morgan fingerprint density at radius 3 is 2.24 bits per heavy atom. The Hall–Kier alpha value is -3.86. The van der Waals surface area contributed by atoms with Gasteiger partial charge in [0, 0.05) is 24.7 Å². The van der Waals surface area contributed by atoms with Gasteiger partial charge in [0.15, 0.2) is 6.04 Å². The van der Waals surface area contributed by atoms with E-state index in [9.17, 15) is 13.2 Å². The van der Waals surface area contributed by atoms with Crippen LogP contribution in [0.2, 0.25) is 0 Å². The molecule has 0 unspecified atom stereocenters. The summed E-state index contributed by atoms with van der Waals surface area (Å²) in [7, 11) is -4.56. The molecule has 6 rings (SSSR count). The molecule has 2 aliphatic rings. The number of fused-ring (bicyclic) bond motifs is 1. The van der Waals surface area contributed by atoms with Crippen molar-refractivity contribution in [2.75, 3.05) is 13.1 Å². The van der Waals surface area contributed by atoms with Gasteiger partial charge in [-0.05, 0) is 90.8 Å². The molecule has 1 saturated carbocycles. The van der Waals surface area contributed by atoms with Gasteiger partial charge in [0.2, 0.25) is 15.9 Å². The number of nitrogens with two attached hydrogens (primary N) is 1. The van der Waals surface area contributed by atoms with Crippen LogP contribution in [0.25, 0.3) is 21.9 Å². The summed E-state index contributed by atoms with van der Waals surface area (Å²) in [6.07, 6.45) is 5.34. The van der Waals surface area contributed by atoms with E-state index in [1.165, 1.54) is 35.2 Å². The topological polar surface area (TPSA) is 102 Å². The van der Waals surface area contributed by atoms with Gasteiger partial charge in [0.1, 0.15) is 5.75 Å². The van der Waals surface area contributed by atoms with Gasteiger partial charge in [-0.25, -0.2) is 8.42 Å². The average molecular weight is 634 g/mol. The van der Waals surface area contributed by atoms with Gasteiger partial charge < -0.3 is 15.4 Å². The monoisotopic (exact) mass is 633 g/mol. The highest BCUT2D eigenvalue weighted by atomic mass is 32.2. The molecule has 4 aromatic carbocycles. The van der Waals surface area contributed by atoms with E-state index >= 15 is 8.78 Å². The zero-order valence-corrected chi connectivity index (χ0v) is 25.7. The highest BCUT2D eigenvalue weighted by Gasteiger charge is 2.50. The maximum absolute atomic E-state index is 16.5. The van der Waals surface area contributed by atoms with E-state index in [2.05, 4.69) is 4.72 Å². The second-order valence-electron chi connectivity index (χ2n) is 12.0. The fraction of sp³-hybridized carbons (Fsp3) is 0.343. The predicted molar refractivity (Wildman–Crippen MR) is 171 cm³/mol. The minimum Gasteiger partial charge on any atom is -0.490 e. The van der Waals surface area contributed by atoms with Crippen LogP contribution < -0.4 is 15.2 Å². The Bertz CT molecular complexity index is 1770. The van der Waals surface area contributed by atoms with Crippen molar-refractivity contribution in [2.24, 2.45) is 5.73 Å². The minimum absolute atomic E-state index is 0.145. The largest absolute Gasteiger partial charge is 0.490 e. The van der Waals surface area contributed by atoms with E-state index in [0.29, 0.717) is 29.5 Å². The number of ether oxygens (including phenoxy) is 1. The van der Waals surface area contributed by atoms with Crippen molar-refractivity contribution in [3.8, 4) is 16.9 Å². The number of nitrogens with zero attached hydrogens (tertiary/aromatic N) is 1. The maximum atomic E-state index is 16.5. The Balaban J connectivity index is 1.31. The molecule has 1 atom stereocenters. The maximum Gasteiger partial charge on any atom is 0.298 e. The van der Waals surface area contributed by atoms with Gasteiger partial charge in [-0.1, -0.05) is 60.7 Å². The summed E-state index contributed by atoms with van der Waals surface area (Å²) in [5.41, 5.74) is 6.77. The third-order valence-electron chi connectivity index (χ3n) is 8.79. The molecule has 1 aliphatic heterocycles. The van der Waals surface area contributed by atoms with Crippen molar-refractivity contribution in [3.63, 3.8) is 0 Å². The Kier molecular flexibility index (Phi) is 8.90. The van der Waals surface area contributed by atoms with Crippen molar-refractivity contribution in [2.45, 2.75) is 67.5 Å². The second kappa shape index (κ2) is 12.9. The number of hydrogen-bond donors (Lipinski definition) is 2. The standard InChI is InChI=1S/C35H37F2N3O4S/c36-35(37,28-10-6-9-25(21-28)24-7-2-1-3-8-24)33(34(41)40-19-17-29(38)18-20-40)39-45(42,43)32-16-14-26-22-31(15-13-27(26)23-32)44-30-11-4-5-12-30/h1-3,6-10,13-16,21-23,29-30,33,39H,4-5,11-12,17-20,38H2/t33-/m0/s1. The lowest BCUT2D eigenvalue weighted by atomic mass is 9.95. The number of carbonyl (C=O) groups is 1. The summed E-state index contributed by atoms with van der Waals surface area (Å²) in [6.45, 7) is 0.333. The van der Waals surface area contributed by atoms with Crippen molar-refractivity contribution >= 4 is 26.7 Å². The lowest BCUT2D eigenvalue weighted by molar-refractivity contribution is -0.145. The van der Waals surface area contributed by atoms with E-state index < -0.39 is 33.5 Å². The lowest BCUT2D eigenvalue weighted by Crippen LogP contribution is -2.58. The zero-order chi connectivity index (χ0) is 31.6. The quantitative estimate of drug-likeness (QED) is 0.228. The molecule has 0 spiro atoms. The summed E-state index contributed by atoms with van der Waals surface area (Å²) in [5, 5.41) is 1.36. The number of amides is 1. The van der Waals surface area contributed by atoms with Crippen LogP contribution in [-0.4, -0.2) is 50.5 Å². The number of alkyl halides is 2. The Morgan fingerprint density at radius 2 is 1.51 bits per heavy atom. The van der Waals surface area contributed by atoms with Crippen molar-refractivity contribution < 1.29 is 26.7 Å². The number of sulfonamides is 1. The van der Waals surface area contributed by atoms with Gasteiger partial charge >= 0.3 is 0 Å². The number of piperidine rings is 1. The first kappa shape index (κ1) is 31.1. The number of likely N-dealkylation sites (tertiary alicyclic amines) is 1. The van der Waals surface area contributed by atoms with E-state index in [1.54, 1.807) is 48.5 Å². The molecular weight excluding hydrogens is 596 g/mol. The van der Waals surface area contributed by atoms with Crippen molar-refractivity contribution in [1.82, 2.24) is 9.62 Å². The fourth-order valence-electron chi connectivity index (χ4n) is 6.15. The highest BCUT2D eigenvalue weighted by molar-refractivity contribution is 7.89. The smallest absolute Gasteiger partial charge is 0.298 e. The van der Waals surface area contributed by atoms with Gasteiger partial charge in [0.25, 0.3) is 5.92 Å². The first-order chi connectivity index (χ1) is 21.6. The summed E-state index contributed by atoms with van der Waals surface area (Å²) in [6, 6.07) is 22.0. The summed E-state index contributed by atoms with van der Waals surface area (Å²) in [5.74, 6) is -4.17. The Morgan fingerprint density at radius 1 is 0.844 bits per heavy atom. The first-order valence-corrected chi connectivity index (χ1v) is 16.9. The molecule has 3 N–H and O–H groups in total. The van der Waals surface area contributed by atoms with Crippen LogP contribution in [0.5, 0.6) is 5.75 Å². The Labute approximate surface area is 262 Å². The van der Waals surface area contributed by atoms with Crippen molar-refractivity contribution in [3.05, 3.63) is 96.6 Å². The molecule has 7 nitrogen and oxygen atoms in total. The van der Waals surface area contributed by atoms with Gasteiger partial charge in [-0.2, -0.15) is 13.5 Å². The molecule has 1 heterocycles. The van der Waals surface area contributed by atoms with Crippen LogP contribution in [0.1, 0.15) is 44.1 Å². The predicted octanol–water partition coefficient (Wildman–Crippen LogP) is 6.22. The molecule has 0 radical (unpaired) electrons. The minimum atomic E-state index is -4.56. The van der Waals surface area contributed by atoms with Crippen LogP contribution >= 0.6 is 0 Å². The lowest BCUT2D eigenvalue weighted by Gasteiger charge is -2.35. The molecule has 0 bridgehead atoms. The van der Waals surface area contributed by atoms with Crippen LogP contribution in [0.3, 0.4) is 0 Å². The van der Waals surface area contributed by atoms with E-state index in [-0.39, 0.29) is 30.1 Å². The second-order valence-corrected chi connectivity index (χ2v) is 13.7. The SMILES string of the molecule is NC1CCN(C(=O)[C@H](NS(=O)(=O)c2ccc3cc(OC4CCCC4)ccc3c2)C(F)(F)c2cccc(-c3ccccc3)c2)CC1. The average Bonchev–Trinajstić information content (AvgIpc) is 3.57. The summed E-state index contributed by atoms with van der Waals surface area (Å²) >= 11 is 0. The highest BCUT2D eigenvalue weighted by Crippen LogP contribution is 2.37. The summed E-state index contributed by atoms with van der Waals surface area (Å²) in [4.78, 5) is 14.8. The third kappa shape index (κ3) is 6.88. The molecular formula is C35H37F2N3O4S. The molecule has 2 fully saturated rings. The molecule has 45 heavy (non-hydrogen) atoms.